The Bertz CT molecular complexity index is 1120. The van der Waals surface area contributed by atoms with Crippen molar-refractivity contribution in [2.24, 2.45) is 0 Å². The van der Waals surface area contributed by atoms with Gasteiger partial charge in [0, 0.05) is 55.6 Å². The molecule has 3 aromatic rings. The van der Waals surface area contributed by atoms with E-state index in [4.69, 9.17) is 14.7 Å². The van der Waals surface area contributed by atoms with Gasteiger partial charge in [-0.2, -0.15) is 0 Å². The minimum atomic E-state index is 0.557. The van der Waals surface area contributed by atoms with E-state index in [0.717, 1.165) is 62.3 Å². The summed E-state index contributed by atoms with van der Waals surface area (Å²) < 4.78 is 7.95. The van der Waals surface area contributed by atoms with Crippen LogP contribution in [-0.4, -0.2) is 63.8 Å². The van der Waals surface area contributed by atoms with Crippen LogP contribution in [0.25, 0.3) is 22.6 Å². The van der Waals surface area contributed by atoms with E-state index in [9.17, 15) is 0 Å². The fourth-order valence-electron chi connectivity index (χ4n) is 5.51. The highest BCUT2D eigenvalue weighted by Crippen LogP contribution is 2.52. The standard InChI is InChI=1S/C25H30N6O/c1-17-3-2-4-21(28-17)23-24(31-20-6-5-19(15-20)25(31)29-23)18-7-8-26-22(16-18)27-9-10-30-11-13-32-14-12-30/h2-4,7-8,16,19-20H,5-6,9-15H2,1H3,(H,26,27). The first-order valence-corrected chi connectivity index (χ1v) is 11.8. The van der Waals surface area contributed by atoms with Crippen molar-refractivity contribution in [3.63, 3.8) is 0 Å². The second-order valence-corrected chi connectivity index (χ2v) is 9.18. The zero-order valence-electron chi connectivity index (χ0n) is 18.6. The Hall–Kier alpha value is -2.77. The van der Waals surface area contributed by atoms with E-state index in [2.05, 4.69) is 44.0 Å². The summed E-state index contributed by atoms with van der Waals surface area (Å²) in [6, 6.07) is 11.0. The number of fused-ring (bicyclic) bond motifs is 5. The summed E-state index contributed by atoms with van der Waals surface area (Å²) in [6.45, 7) is 7.59. The van der Waals surface area contributed by atoms with E-state index >= 15 is 0 Å². The van der Waals surface area contributed by atoms with Gasteiger partial charge in [-0.3, -0.25) is 9.88 Å². The van der Waals surface area contributed by atoms with Crippen LogP contribution in [-0.2, 0) is 4.74 Å². The van der Waals surface area contributed by atoms with Gasteiger partial charge >= 0.3 is 0 Å². The summed E-state index contributed by atoms with van der Waals surface area (Å²) in [5.41, 5.74) is 5.35. The van der Waals surface area contributed by atoms with Crippen LogP contribution in [0.1, 0.15) is 42.7 Å². The number of aromatic nitrogens is 4. The van der Waals surface area contributed by atoms with Crippen molar-refractivity contribution in [2.45, 2.75) is 38.1 Å². The third-order valence-electron chi connectivity index (χ3n) is 7.08. The average Bonchev–Trinajstić information content (AvgIpc) is 3.53. The molecule has 5 heterocycles. The molecule has 6 rings (SSSR count). The Morgan fingerprint density at radius 1 is 1.12 bits per heavy atom. The lowest BCUT2D eigenvalue weighted by Gasteiger charge is -2.26. The smallest absolute Gasteiger partial charge is 0.126 e. The van der Waals surface area contributed by atoms with Gasteiger partial charge in [-0.1, -0.05) is 6.07 Å². The monoisotopic (exact) mass is 430 g/mol. The molecule has 0 radical (unpaired) electrons. The summed E-state index contributed by atoms with van der Waals surface area (Å²) in [5.74, 6) is 2.75. The fourth-order valence-corrected chi connectivity index (χ4v) is 5.51. The molecule has 0 aromatic carbocycles. The van der Waals surface area contributed by atoms with E-state index in [0.29, 0.717) is 12.0 Å². The summed E-state index contributed by atoms with van der Waals surface area (Å²) >= 11 is 0. The number of hydrogen-bond donors (Lipinski definition) is 1. The second kappa shape index (κ2) is 8.30. The van der Waals surface area contributed by atoms with Crippen molar-refractivity contribution in [1.29, 1.82) is 0 Å². The van der Waals surface area contributed by atoms with Crippen molar-refractivity contribution in [3.05, 3.63) is 48.0 Å². The van der Waals surface area contributed by atoms with Crippen molar-refractivity contribution >= 4 is 5.82 Å². The van der Waals surface area contributed by atoms with Crippen molar-refractivity contribution in [3.8, 4) is 22.6 Å². The second-order valence-electron chi connectivity index (χ2n) is 9.18. The Balaban J connectivity index is 1.32. The van der Waals surface area contributed by atoms with E-state index in [1.54, 1.807) is 0 Å². The Morgan fingerprint density at radius 2 is 2.03 bits per heavy atom. The highest BCUT2D eigenvalue weighted by Gasteiger charge is 2.41. The maximum atomic E-state index is 5.45. The lowest BCUT2D eigenvalue weighted by Crippen LogP contribution is -2.39. The van der Waals surface area contributed by atoms with Crippen LogP contribution < -0.4 is 5.32 Å². The topological polar surface area (TPSA) is 68.1 Å². The molecule has 7 nitrogen and oxygen atoms in total. The molecule has 2 bridgehead atoms. The number of nitrogens with zero attached hydrogens (tertiary/aromatic N) is 5. The summed E-state index contributed by atoms with van der Waals surface area (Å²) in [4.78, 5) is 17.0. The van der Waals surface area contributed by atoms with Crippen LogP contribution in [0.15, 0.2) is 36.5 Å². The Morgan fingerprint density at radius 3 is 2.91 bits per heavy atom. The number of nitrogens with one attached hydrogen (secondary N) is 1. The minimum absolute atomic E-state index is 0.557. The van der Waals surface area contributed by atoms with Crippen LogP contribution in [0.4, 0.5) is 5.82 Å². The molecule has 7 heteroatoms. The number of aryl methyl sites for hydroxylation is 1. The zero-order valence-corrected chi connectivity index (χ0v) is 18.6. The zero-order chi connectivity index (χ0) is 21.5. The van der Waals surface area contributed by atoms with Gasteiger partial charge in [0.15, 0.2) is 0 Å². The van der Waals surface area contributed by atoms with Gasteiger partial charge in [-0.25, -0.2) is 9.97 Å². The molecular weight excluding hydrogens is 400 g/mol. The van der Waals surface area contributed by atoms with Gasteiger partial charge in [0.05, 0.1) is 24.6 Å². The predicted molar refractivity (Wildman–Crippen MR) is 125 cm³/mol. The number of hydrogen-bond acceptors (Lipinski definition) is 6. The van der Waals surface area contributed by atoms with Crippen LogP contribution in [0.5, 0.6) is 0 Å². The molecule has 1 N–H and O–H groups in total. The van der Waals surface area contributed by atoms with E-state index in [1.807, 2.05) is 19.2 Å². The van der Waals surface area contributed by atoms with E-state index in [1.165, 1.54) is 36.3 Å². The van der Waals surface area contributed by atoms with Gasteiger partial charge in [-0.05, 0) is 50.5 Å². The molecular formula is C25H30N6O. The molecule has 1 aliphatic carbocycles. The molecule has 1 saturated heterocycles. The lowest BCUT2D eigenvalue weighted by molar-refractivity contribution is 0.0398. The number of pyridine rings is 2. The third kappa shape index (κ3) is 3.59. The molecule has 2 unspecified atom stereocenters. The quantitative estimate of drug-likeness (QED) is 0.640. The number of imidazole rings is 1. The first-order valence-electron chi connectivity index (χ1n) is 11.8. The van der Waals surface area contributed by atoms with Gasteiger partial charge in [-0.15, -0.1) is 0 Å². The van der Waals surface area contributed by atoms with Crippen molar-refractivity contribution in [1.82, 2.24) is 24.4 Å². The third-order valence-corrected chi connectivity index (χ3v) is 7.08. The molecule has 0 amide bonds. The maximum absolute atomic E-state index is 5.45. The van der Waals surface area contributed by atoms with Crippen molar-refractivity contribution < 1.29 is 4.74 Å². The lowest BCUT2D eigenvalue weighted by atomic mass is 10.1. The molecule has 1 saturated carbocycles. The van der Waals surface area contributed by atoms with E-state index < -0.39 is 0 Å². The first-order chi connectivity index (χ1) is 15.8. The molecule has 32 heavy (non-hydrogen) atoms. The fraction of sp³-hybridized carbons (Fsp3) is 0.480. The van der Waals surface area contributed by atoms with Crippen LogP contribution in [0.2, 0.25) is 0 Å². The molecule has 3 aromatic heterocycles. The molecule has 2 aliphatic heterocycles. The normalized spacial score (nSPS) is 22.3. The molecule has 166 valence electrons. The average molecular weight is 431 g/mol. The summed E-state index contributed by atoms with van der Waals surface area (Å²) in [5, 5.41) is 3.53. The number of anilines is 1. The Kier molecular flexibility index (Phi) is 5.15. The van der Waals surface area contributed by atoms with Gasteiger partial charge in [0.1, 0.15) is 17.3 Å². The highest BCUT2D eigenvalue weighted by molar-refractivity contribution is 5.79. The minimum Gasteiger partial charge on any atom is -0.379 e. The van der Waals surface area contributed by atoms with E-state index in [-0.39, 0.29) is 0 Å². The summed E-state index contributed by atoms with van der Waals surface area (Å²) in [6.07, 6.45) is 5.64. The summed E-state index contributed by atoms with van der Waals surface area (Å²) in [7, 11) is 0. The van der Waals surface area contributed by atoms with Crippen molar-refractivity contribution in [2.75, 3.05) is 44.7 Å². The Labute approximate surface area is 188 Å². The largest absolute Gasteiger partial charge is 0.379 e. The van der Waals surface area contributed by atoms with Gasteiger partial charge in [0.25, 0.3) is 0 Å². The molecule has 2 fully saturated rings. The van der Waals surface area contributed by atoms with Crippen LogP contribution in [0.3, 0.4) is 0 Å². The highest BCUT2D eigenvalue weighted by atomic mass is 16.5. The van der Waals surface area contributed by atoms with Gasteiger partial charge in [0.2, 0.25) is 0 Å². The molecule has 2 atom stereocenters. The van der Waals surface area contributed by atoms with Crippen LogP contribution >= 0.6 is 0 Å². The molecule has 3 aliphatic rings. The first kappa shape index (κ1) is 19.9. The van der Waals surface area contributed by atoms with Crippen LogP contribution in [0, 0.1) is 6.92 Å². The van der Waals surface area contributed by atoms with Gasteiger partial charge < -0.3 is 14.6 Å². The predicted octanol–water partition coefficient (Wildman–Crippen LogP) is 3.88. The SMILES string of the molecule is Cc1cccc(-c2nc3n(c2-c2ccnc(NCCN4CCOCC4)c2)C2CCC3C2)n1. The number of rotatable bonds is 6. The number of morpholine rings is 1. The molecule has 0 spiro atoms. The maximum Gasteiger partial charge on any atom is 0.126 e. The number of ether oxygens (including phenoxy) is 1.